The summed E-state index contributed by atoms with van der Waals surface area (Å²) in [7, 11) is 0. The highest BCUT2D eigenvalue weighted by atomic mass is 16.4. The predicted octanol–water partition coefficient (Wildman–Crippen LogP) is 3.13. The highest BCUT2D eigenvalue weighted by Crippen LogP contribution is 2.27. The van der Waals surface area contributed by atoms with Crippen LogP contribution in [0.15, 0.2) is 18.2 Å². The lowest BCUT2D eigenvalue weighted by Gasteiger charge is -2.10. The Balaban J connectivity index is 1.85. The van der Waals surface area contributed by atoms with Gasteiger partial charge in [-0.3, -0.25) is 4.90 Å². The Labute approximate surface area is 120 Å². The molecular formula is C16H24N2O2. The van der Waals surface area contributed by atoms with Crippen LogP contribution in [0.3, 0.4) is 0 Å². The Kier molecular flexibility index (Phi) is 5.41. The topological polar surface area (TPSA) is 66.6 Å². The molecule has 0 unspecified atom stereocenters. The van der Waals surface area contributed by atoms with Crippen molar-refractivity contribution in [3.63, 3.8) is 0 Å². The number of fused-ring (bicyclic) bond motifs is 1. The number of amides is 1. The Bertz CT molecular complexity index is 460. The van der Waals surface area contributed by atoms with Crippen LogP contribution in [0.2, 0.25) is 0 Å². The Morgan fingerprint density at radius 3 is 2.65 bits per heavy atom. The largest absolute Gasteiger partial charge is 0.465 e. The van der Waals surface area contributed by atoms with Gasteiger partial charge in [0, 0.05) is 13.1 Å². The van der Waals surface area contributed by atoms with Gasteiger partial charge in [0.25, 0.3) is 0 Å². The van der Waals surface area contributed by atoms with E-state index in [2.05, 4.69) is 6.07 Å². The highest BCUT2D eigenvalue weighted by Gasteiger charge is 2.24. The van der Waals surface area contributed by atoms with Crippen LogP contribution in [0.4, 0.5) is 4.79 Å². The molecule has 110 valence electrons. The van der Waals surface area contributed by atoms with Crippen molar-refractivity contribution in [2.75, 3.05) is 6.54 Å². The summed E-state index contributed by atoms with van der Waals surface area (Å²) in [5.74, 6) is 0. The second-order valence-corrected chi connectivity index (χ2v) is 5.50. The fourth-order valence-electron chi connectivity index (χ4n) is 2.85. The van der Waals surface area contributed by atoms with E-state index in [9.17, 15) is 4.79 Å². The van der Waals surface area contributed by atoms with E-state index in [1.165, 1.54) is 47.3 Å². The highest BCUT2D eigenvalue weighted by molar-refractivity contribution is 5.66. The van der Waals surface area contributed by atoms with Gasteiger partial charge in [0.05, 0.1) is 0 Å². The van der Waals surface area contributed by atoms with Gasteiger partial charge in [-0.25, -0.2) is 4.79 Å². The summed E-state index contributed by atoms with van der Waals surface area (Å²) in [4.78, 5) is 12.5. The minimum Gasteiger partial charge on any atom is -0.465 e. The molecule has 1 aromatic carbocycles. The summed E-state index contributed by atoms with van der Waals surface area (Å²) >= 11 is 0. The molecule has 1 amide bonds. The first kappa shape index (κ1) is 14.9. The lowest BCUT2D eigenvalue weighted by molar-refractivity contribution is 0.145. The molecule has 0 spiro atoms. The molecule has 0 aromatic heterocycles. The number of aryl methyl sites for hydroxylation is 1. The molecule has 1 aromatic rings. The zero-order valence-corrected chi connectivity index (χ0v) is 12.0. The smallest absolute Gasteiger partial charge is 0.407 e. The lowest BCUT2D eigenvalue weighted by atomic mass is 9.98. The molecule has 0 saturated heterocycles. The molecule has 1 aliphatic heterocycles. The van der Waals surface area contributed by atoms with Gasteiger partial charge in [0.1, 0.15) is 0 Å². The van der Waals surface area contributed by atoms with E-state index >= 15 is 0 Å². The molecule has 0 aliphatic carbocycles. The Morgan fingerprint density at radius 2 is 1.90 bits per heavy atom. The average Bonchev–Trinajstić information content (AvgIpc) is 2.87. The monoisotopic (exact) mass is 276 g/mol. The quantitative estimate of drug-likeness (QED) is 0.752. The van der Waals surface area contributed by atoms with Crippen LogP contribution in [-0.4, -0.2) is 22.6 Å². The standard InChI is InChI=1S/C16H24N2O2/c17-10-5-3-1-2-4-7-13-8-6-9-14-11-18(16(19)20)12-15(13)14/h6,8-9H,1-5,7,10-12,17H2,(H,19,20). The number of nitrogens with two attached hydrogens (primary N) is 1. The average molecular weight is 276 g/mol. The van der Waals surface area contributed by atoms with Crippen LogP contribution in [0.25, 0.3) is 0 Å². The molecule has 2 rings (SSSR count). The van der Waals surface area contributed by atoms with Crippen LogP contribution in [0, 0.1) is 0 Å². The first-order chi connectivity index (χ1) is 9.72. The zero-order valence-electron chi connectivity index (χ0n) is 12.0. The number of nitrogens with zero attached hydrogens (tertiary/aromatic N) is 1. The maximum atomic E-state index is 11.1. The molecule has 4 heteroatoms. The van der Waals surface area contributed by atoms with Crippen molar-refractivity contribution in [2.45, 2.75) is 51.6 Å². The SMILES string of the molecule is NCCCCCCCc1cccc2c1CN(C(=O)O)C2. The van der Waals surface area contributed by atoms with Crippen LogP contribution in [0.5, 0.6) is 0 Å². The van der Waals surface area contributed by atoms with Gasteiger partial charge in [-0.1, -0.05) is 37.5 Å². The minimum absolute atomic E-state index is 0.537. The van der Waals surface area contributed by atoms with Crippen molar-refractivity contribution >= 4 is 6.09 Å². The molecule has 0 saturated carbocycles. The molecular weight excluding hydrogens is 252 g/mol. The van der Waals surface area contributed by atoms with Gasteiger partial charge in [0.2, 0.25) is 0 Å². The number of unbranched alkanes of at least 4 members (excludes halogenated alkanes) is 4. The number of carbonyl (C=O) groups is 1. The van der Waals surface area contributed by atoms with Crippen molar-refractivity contribution in [2.24, 2.45) is 5.73 Å². The van der Waals surface area contributed by atoms with E-state index in [-0.39, 0.29) is 0 Å². The van der Waals surface area contributed by atoms with Gasteiger partial charge in [-0.15, -0.1) is 0 Å². The Morgan fingerprint density at radius 1 is 1.15 bits per heavy atom. The van der Waals surface area contributed by atoms with Gasteiger partial charge >= 0.3 is 6.09 Å². The van der Waals surface area contributed by atoms with Crippen LogP contribution >= 0.6 is 0 Å². The van der Waals surface area contributed by atoms with Crippen molar-refractivity contribution < 1.29 is 9.90 Å². The van der Waals surface area contributed by atoms with Crippen molar-refractivity contribution in [3.05, 3.63) is 34.9 Å². The summed E-state index contributed by atoms with van der Waals surface area (Å²) in [5.41, 5.74) is 9.21. The van der Waals surface area contributed by atoms with Crippen molar-refractivity contribution in [3.8, 4) is 0 Å². The molecule has 3 N–H and O–H groups in total. The third kappa shape index (κ3) is 3.73. The molecule has 0 fully saturated rings. The molecule has 1 heterocycles. The number of hydrogen-bond acceptors (Lipinski definition) is 2. The fourth-order valence-corrected chi connectivity index (χ4v) is 2.85. The van der Waals surface area contributed by atoms with E-state index in [0.29, 0.717) is 13.1 Å². The maximum Gasteiger partial charge on any atom is 0.407 e. The van der Waals surface area contributed by atoms with E-state index in [1.54, 1.807) is 0 Å². The van der Waals surface area contributed by atoms with E-state index in [1.807, 2.05) is 12.1 Å². The summed E-state index contributed by atoms with van der Waals surface area (Å²) in [6.07, 6.45) is 6.21. The second kappa shape index (κ2) is 7.29. The maximum absolute atomic E-state index is 11.1. The number of benzene rings is 1. The molecule has 0 radical (unpaired) electrons. The van der Waals surface area contributed by atoms with E-state index in [4.69, 9.17) is 10.8 Å². The number of carboxylic acid groups (broad SMARTS) is 1. The van der Waals surface area contributed by atoms with Crippen LogP contribution in [0.1, 0.15) is 48.8 Å². The normalized spacial score (nSPS) is 13.6. The predicted molar refractivity (Wildman–Crippen MR) is 79.6 cm³/mol. The van der Waals surface area contributed by atoms with Gasteiger partial charge in [-0.05, 0) is 42.5 Å². The first-order valence-electron chi connectivity index (χ1n) is 7.50. The van der Waals surface area contributed by atoms with Crippen molar-refractivity contribution in [1.29, 1.82) is 0 Å². The zero-order chi connectivity index (χ0) is 14.4. The first-order valence-corrected chi connectivity index (χ1v) is 7.50. The molecule has 0 atom stereocenters. The van der Waals surface area contributed by atoms with Gasteiger partial charge in [0.15, 0.2) is 0 Å². The lowest BCUT2D eigenvalue weighted by Crippen LogP contribution is -2.22. The molecule has 1 aliphatic rings. The van der Waals surface area contributed by atoms with Gasteiger partial charge < -0.3 is 10.8 Å². The summed E-state index contributed by atoms with van der Waals surface area (Å²) in [6.45, 7) is 1.88. The second-order valence-electron chi connectivity index (χ2n) is 5.50. The van der Waals surface area contributed by atoms with Crippen LogP contribution in [-0.2, 0) is 19.5 Å². The van der Waals surface area contributed by atoms with E-state index < -0.39 is 6.09 Å². The fraction of sp³-hybridized carbons (Fsp3) is 0.562. The third-order valence-corrected chi connectivity index (χ3v) is 4.00. The van der Waals surface area contributed by atoms with E-state index in [0.717, 1.165) is 19.4 Å². The minimum atomic E-state index is -0.825. The number of rotatable bonds is 7. The summed E-state index contributed by atoms with van der Waals surface area (Å²) in [5, 5.41) is 9.09. The molecule has 4 nitrogen and oxygen atoms in total. The summed E-state index contributed by atoms with van der Waals surface area (Å²) in [6, 6.07) is 6.24. The number of hydrogen-bond donors (Lipinski definition) is 2. The van der Waals surface area contributed by atoms with Gasteiger partial charge in [-0.2, -0.15) is 0 Å². The molecule has 20 heavy (non-hydrogen) atoms. The Hall–Kier alpha value is -1.55. The third-order valence-electron chi connectivity index (χ3n) is 4.00. The summed E-state index contributed by atoms with van der Waals surface area (Å²) < 4.78 is 0. The molecule has 0 bridgehead atoms. The van der Waals surface area contributed by atoms with Crippen molar-refractivity contribution in [1.82, 2.24) is 4.90 Å². The van der Waals surface area contributed by atoms with Crippen LogP contribution < -0.4 is 5.73 Å².